The van der Waals surface area contributed by atoms with Gasteiger partial charge in [0.15, 0.2) is 5.78 Å². The number of hydrogen-bond donors (Lipinski definition) is 2. The van der Waals surface area contributed by atoms with Gasteiger partial charge in [0, 0.05) is 39.1 Å². The van der Waals surface area contributed by atoms with Gasteiger partial charge >= 0.3 is 0 Å². The molecule has 8 nitrogen and oxygen atoms in total. The molecular formula is C38H51N5O3. The second kappa shape index (κ2) is 15.2. The molecule has 4 N–H and O–H groups in total. The van der Waals surface area contributed by atoms with Crippen LogP contribution in [0.2, 0.25) is 0 Å². The molecule has 3 aromatic rings. The Balaban J connectivity index is 1.71. The van der Waals surface area contributed by atoms with Crippen molar-refractivity contribution in [2.75, 3.05) is 27.2 Å². The molecule has 1 aliphatic heterocycles. The third-order valence-electron chi connectivity index (χ3n) is 9.18. The highest BCUT2D eigenvalue weighted by Crippen LogP contribution is 2.28. The van der Waals surface area contributed by atoms with Gasteiger partial charge in [0.2, 0.25) is 11.8 Å². The molecule has 2 amide bonds. The SMILES string of the molecule is CN(C(=O)/C=C/CC(C)(C)N)[C@H](Cc1ccc2ccccc2c1)C(=O)C(C)(N)[C@H](Cc1ccccc1)C(=O)N(C)N1CCCCC1. The summed E-state index contributed by atoms with van der Waals surface area (Å²) in [6.45, 7) is 7.00. The highest BCUT2D eigenvalue weighted by atomic mass is 16.2. The molecule has 1 saturated heterocycles. The van der Waals surface area contributed by atoms with Gasteiger partial charge in [0.25, 0.3) is 0 Å². The van der Waals surface area contributed by atoms with Crippen molar-refractivity contribution < 1.29 is 14.4 Å². The number of likely N-dealkylation sites (N-methyl/N-ethyl adjacent to an activating group) is 1. The van der Waals surface area contributed by atoms with Gasteiger partial charge in [-0.25, -0.2) is 5.01 Å². The van der Waals surface area contributed by atoms with Crippen molar-refractivity contribution in [3.05, 3.63) is 96.1 Å². The molecule has 8 heteroatoms. The van der Waals surface area contributed by atoms with Crippen molar-refractivity contribution in [1.82, 2.24) is 14.9 Å². The minimum absolute atomic E-state index is 0.201. The molecule has 0 bridgehead atoms. The number of benzene rings is 3. The topological polar surface area (TPSA) is 113 Å². The maximum Gasteiger partial charge on any atom is 0.246 e. The van der Waals surface area contributed by atoms with Gasteiger partial charge < -0.3 is 16.4 Å². The van der Waals surface area contributed by atoms with Gasteiger partial charge in [-0.3, -0.25) is 19.4 Å². The fraction of sp³-hybridized carbons (Fsp3) is 0.447. The summed E-state index contributed by atoms with van der Waals surface area (Å²) in [5, 5.41) is 5.84. The van der Waals surface area contributed by atoms with Crippen molar-refractivity contribution in [3.8, 4) is 0 Å². The van der Waals surface area contributed by atoms with Crippen molar-refractivity contribution in [1.29, 1.82) is 0 Å². The first-order valence-electron chi connectivity index (χ1n) is 16.4. The minimum atomic E-state index is -1.59. The fourth-order valence-electron chi connectivity index (χ4n) is 6.21. The van der Waals surface area contributed by atoms with Crippen LogP contribution in [0.25, 0.3) is 10.8 Å². The predicted molar refractivity (Wildman–Crippen MR) is 186 cm³/mol. The predicted octanol–water partition coefficient (Wildman–Crippen LogP) is 4.90. The lowest BCUT2D eigenvalue weighted by atomic mass is 9.75. The lowest BCUT2D eigenvalue weighted by Gasteiger charge is -2.42. The smallest absolute Gasteiger partial charge is 0.246 e. The highest BCUT2D eigenvalue weighted by molar-refractivity contribution is 6.01. The average molecular weight is 626 g/mol. The van der Waals surface area contributed by atoms with Crippen molar-refractivity contribution >= 4 is 28.4 Å². The van der Waals surface area contributed by atoms with E-state index >= 15 is 0 Å². The Morgan fingerprint density at radius 2 is 1.46 bits per heavy atom. The summed E-state index contributed by atoms with van der Waals surface area (Å²) in [5.74, 6) is -1.74. The Morgan fingerprint density at radius 1 is 0.826 bits per heavy atom. The number of amides is 2. The summed E-state index contributed by atoms with van der Waals surface area (Å²) >= 11 is 0. The molecule has 1 unspecified atom stereocenters. The van der Waals surface area contributed by atoms with Gasteiger partial charge in [0.1, 0.15) is 0 Å². The van der Waals surface area contributed by atoms with Crippen molar-refractivity contribution in [3.63, 3.8) is 0 Å². The van der Waals surface area contributed by atoms with Crippen LogP contribution < -0.4 is 11.5 Å². The van der Waals surface area contributed by atoms with Gasteiger partial charge in [-0.1, -0.05) is 85.3 Å². The zero-order chi connectivity index (χ0) is 33.5. The van der Waals surface area contributed by atoms with E-state index in [0.717, 1.165) is 54.3 Å². The first kappa shape index (κ1) is 35.0. The first-order chi connectivity index (χ1) is 21.8. The van der Waals surface area contributed by atoms with E-state index in [1.165, 1.54) is 11.0 Å². The van der Waals surface area contributed by atoms with E-state index in [9.17, 15) is 14.4 Å². The van der Waals surface area contributed by atoms with Crippen molar-refractivity contribution in [2.24, 2.45) is 17.4 Å². The summed E-state index contributed by atoms with van der Waals surface area (Å²) in [7, 11) is 3.41. The Bertz CT molecular complexity index is 1520. The molecule has 0 spiro atoms. The van der Waals surface area contributed by atoms with Crippen LogP contribution in [0.4, 0.5) is 0 Å². The quantitative estimate of drug-likeness (QED) is 0.262. The number of nitrogens with two attached hydrogens (primary N) is 2. The Hall–Kier alpha value is -3.85. The molecule has 46 heavy (non-hydrogen) atoms. The van der Waals surface area contributed by atoms with Crippen LogP contribution in [0.3, 0.4) is 0 Å². The van der Waals surface area contributed by atoms with E-state index in [1.54, 1.807) is 32.1 Å². The summed E-state index contributed by atoms with van der Waals surface area (Å²) in [4.78, 5) is 44.1. The van der Waals surface area contributed by atoms with Crippen LogP contribution in [0.15, 0.2) is 84.9 Å². The molecule has 0 aliphatic carbocycles. The number of carbonyl (C=O) groups is 3. The number of hydrazine groups is 1. The lowest BCUT2D eigenvalue weighted by molar-refractivity contribution is -0.157. The third-order valence-corrected chi connectivity index (χ3v) is 9.18. The van der Waals surface area contributed by atoms with Gasteiger partial charge in [-0.2, -0.15) is 0 Å². The number of piperidine rings is 1. The molecule has 4 rings (SSSR count). The van der Waals surface area contributed by atoms with Gasteiger partial charge in [-0.15, -0.1) is 0 Å². The largest absolute Gasteiger partial charge is 0.332 e. The van der Waals surface area contributed by atoms with Gasteiger partial charge in [0.05, 0.1) is 17.5 Å². The number of ketones is 1. The molecule has 246 valence electrons. The molecule has 1 fully saturated rings. The van der Waals surface area contributed by atoms with E-state index in [4.69, 9.17) is 11.5 Å². The molecular weight excluding hydrogens is 574 g/mol. The molecule has 3 atom stereocenters. The molecule has 0 saturated carbocycles. The van der Waals surface area contributed by atoms with Gasteiger partial charge in [-0.05, 0) is 74.4 Å². The minimum Gasteiger partial charge on any atom is -0.332 e. The Labute approximate surface area is 274 Å². The van der Waals surface area contributed by atoms with Crippen LogP contribution in [-0.4, -0.2) is 76.8 Å². The van der Waals surface area contributed by atoms with E-state index in [-0.39, 0.29) is 24.0 Å². The highest BCUT2D eigenvalue weighted by Gasteiger charge is 2.47. The molecule has 1 aliphatic rings. The number of hydrogen-bond acceptors (Lipinski definition) is 6. The number of nitrogens with zero attached hydrogens (tertiary/aromatic N) is 3. The zero-order valence-electron chi connectivity index (χ0n) is 28.1. The fourth-order valence-corrected chi connectivity index (χ4v) is 6.21. The van der Waals surface area contributed by atoms with Crippen LogP contribution in [0.5, 0.6) is 0 Å². The summed E-state index contributed by atoms with van der Waals surface area (Å²) in [6, 6.07) is 22.8. The summed E-state index contributed by atoms with van der Waals surface area (Å²) < 4.78 is 0. The van der Waals surface area contributed by atoms with E-state index in [1.807, 2.05) is 86.6 Å². The second-order valence-corrected chi connectivity index (χ2v) is 13.7. The number of rotatable bonds is 13. The number of carbonyl (C=O) groups excluding carboxylic acids is 3. The maximum absolute atomic E-state index is 14.8. The van der Waals surface area contributed by atoms with Crippen molar-refractivity contribution in [2.45, 2.75) is 76.4 Å². The van der Waals surface area contributed by atoms with Crippen LogP contribution in [0.1, 0.15) is 57.6 Å². The normalized spacial score (nSPS) is 16.9. The number of Topliss-reactive ketones (excluding diaryl/α,β-unsaturated/α-hetero) is 1. The van der Waals surface area contributed by atoms with Crippen LogP contribution >= 0.6 is 0 Å². The van der Waals surface area contributed by atoms with Crippen LogP contribution in [0, 0.1) is 5.92 Å². The van der Waals surface area contributed by atoms with E-state index in [2.05, 4.69) is 5.01 Å². The summed E-state index contributed by atoms with van der Waals surface area (Å²) in [5.41, 5.74) is 13.0. The average Bonchev–Trinajstić information content (AvgIpc) is 3.04. The maximum atomic E-state index is 14.8. The van der Waals surface area contributed by atoms with E-state index in [0.29, 0.717) is 12.8 Å². The summed E-state index contributed by atoms with van der Waals surface area (Å²) in [6.07, 6.45) is 7.41. The van der Waals surface area contributed by atoms with Crippen LogP contribution in [-0.2, 0) is 27.2 Å². The second-order valence-electron chi connectivity index (χ2n) is 13.7. The zero-order valence-corrected chi connectivity index (χ0v) is 28.1. The lowest BCUT2D eigenvalue weighted by Crippen LogP contribution is -2.64. The van der Waals surface area contributed by atoms with E-state index < -0.39 is 23.0 Å². The third kappa shape index (κ3) is 8.90. The molecule has 1 heterocycles. The Kier molecular flexibility index (Phi) is 11.5. The number of fused-ring (bicyclic) bond motifs is 1. The molecule has 0 radical (unpaired) electrons. The Morgan fingerprint density at radius 3 is 2.11 bits per heavy atom. The molecule has 0 aromatic heterocycles. The molecule has 3 aromatic carbocycles. The monoisotopic (exact) mass is 625 g/mol. The first-order valence-corrected chi connectivity index (χ1v) is 16.4. The standard InChI is InChI=1S/C38H51N5O3/c1-37(2,39)22-14-19-34(44)41(4)33(27-29-20-21-30-17-10-11-18-31(30)25-29)35(45)38(3,40)32(26-28-15-8-6-9-16-28)36(46)42(5)43-23-12-7-13-24-43/h6,8-11,14-21,25,32-33H,7,12-13,22-24,26-27,39-40H2,1-5H3/b19-14+/t32-,33-,38?/m1/s1.